The van der Waals surface area contributed by atoms with Crippen LogP contribution in [0.2, 0.25) is 0 Å². The van der Waals surface area contributed by atoms with E-state index >= 15 is 0 Å². The van der Waals surface area contributed by atoms with Crippen molar-refractivity contribution in [3.05, 3.63) is 24.3 Å². The second-order valence-corrected chi connectivity index (χ2v) is 8.86. The molecule has 2 N–H and O–H groups in total. The smallest absolute Gasteiger partial charge is 0.223 e. The zero-order valence-corrected chi connectivity index (χ0v) is 18.0. The van der Waals surface area contributed by atoms with Gasteiger partial charge in [-0.2, -0.15) is 0 Å². The fraction of sp³-hybridized carbons (Fsp3) is 0.652. The molecule has 1 saturated carbocycles. The molecule has 1 aromatic heterocycles. The molecule has 7 nitrogen and oxygen atoms in total. The molecule has 7 heteroatoms. The van der Waals surface area contributed by atoms with E-state index in [0.29, 0.717) is 12.5 Å². The van der Waals surface area contributed by atoms with Gasteiger partial charge in [0.05, 0.1) is 17.9 Å². The zero-order valence-electron chi connectivity index (χ0n) is 18.0. The summed E-state index contributed by atoms with van der Waals surface area (Å²) in [6.07, 6.45) is 5.82. The van der Waals surface area contributed by atoms with Crippen molar-refractivity contribution in [3.8, 4) is 0 Å². The van der Waals surface area contributed by atoms with Crippen LogP contribution in [0.25, 0.3) is 11.0 Å². The highest BCUT2D eigenvalue weighted by Crippen LogP contribution is 2.35. The fourth-order valence-electron chi connectivity index (χ4n) is 5.16. The number of anilines is 1. The summed E-state index contributed by atoms with van der Waals surface area (Å²) in [6.45, 7) is 5.71. The van der Waals surface area contributed by atoms with Crippen LogP contribution in [-0.2, 0) is 9.53 Å². The Morgan fingerprint density at radius 3 is 2.63 bits per heavy atom. The second kappa shape index (κ2) is 9.79. The van der Waals surface area contributed by atoms with Gasteiger partial charge in [0.25, 0.3) is 0 Å². The van der Waals surface area contributed by atoms with Gasteiger partial charge in [-0.1, -0.05) is 30.1 Å². The number of hydrogen-bond donors (Lipinski definition) is 1. The van der Waals surface area contributed by atoms with E-state index in [1.807, 2.05) is 18.2 Å². The molecular formula is C23H34N4O3. The minimum atomic E-state index is -0.210. The highest BCUT2D eigenvalue weighted by molar-refractivity contribution is 5.88. The lowest BCUT2D eigenvalue weighted by Crippen LogP contribution is -2.47. The van der Waals surface area contributed by atoms with Crippen LogP contribution in [0.1, 0.15) is 32.1 Å². The number of hydrogen-bond acceptors (Lipinski definition) is 6. The third kappa shape index (κ3) is 4.78. The topological polar surface area (TPSA) is 84.8 Å². The highest BCUT2D eigenvalue weighted by Gasteiger charge is 2.31. The van der Waals surface area contributed by atoms with E-state index in [1.165, 1.54) is 19.3 Å². The number of primary amides is 1. The number of methoxy groups -OCH3 is 1. The van der Waals surface area contributed by atoms with Crippen molar-refractivity contribution < 1.29 is 14.1 Å². The third-order valence-electron chi connectivity index (χ3n) is 7.06. The molecule has 2 aromatic rings. The van der Waals surface area contributed by atoms with Gasteiger partial charge in [-0.15, -0.1) is 0 Å². The quantitative estimate of drug-likeness (QED) is 0.715. The lowest BCUT2D eigenvalue weighted by atomic mass is 9.75. The van der Waals surface area contributed by atoms with Gasteiger partial charge in [-0.3, -0.25) is 9.69 Å². The average molecular weight is 415 g/mol. The molecule has 30 heavy (non-hydrogen) atoms. The number of para-hydroxylation sites is 1. The van der Waals surface area contributed by atoms with Crippen molar-refractivity contribution in [2.75, 3.05) is 51.3 Å². The molecule has 1 amide bonds. The lowest BCUT2D eigenvalue weighted by Gasteiger charge is -2.36. The van der Waals surface area contributed by atoms with Gasteiger partial charge in [0.2, 0.25) is 5.91 Å². The second-order valence-electron chi connectivity index (χ2n) is 8.86. The Balaban J connectivity index is 1.20. The van der Waals surface area contributed by atoms with Crippen molar-refractivity contribution in [2.24, 2.45) is 23.5 Å². The maximum Gasteiger partial charge on any atom is 0.223 e. The van der Waals surface area contributed by atoms with Crippen LogP contribution in [0.4, 0.5) is 5.82 Å². The minimum absolute atomic E-state index is 0.128. The lowest BCUT2D eigenvalue weighted by molar-refractivity contribution is -0.126. The van der Waals surface area contributed by atoms with Crippen LogP contribution in [0.5, 0.6) is 0 Å². The molecule has 0 spiro atoms. The minimum Gasteiger partial charge on any atom is -0.384 e. The predicted molar refractivity (Wildman–Crippen MR) is 117 cm³/mol. The normalized spacial score (nSPS) is 24.2. The molecular weight excluding hydrogens is 380 g/mol. The predicted octanol–water partition coefficient (Wildman–Crippen LogP) is 2.89. The summed E-state index contributed by atoms with van der Waals surface area (Å²) in [5.74, 6) is 1.78. The molecule has 1 saturated heterocycles. The van der Waals surface area contributed by atoms with Crippen molar-refractivity contribution in [1.82, 2.24) is 10.1 Å². The number of aromatic nitrogens is 1. The van der Waals surface area contributed by atoms with E-state index in [0.717, 1.165) is 68.3 Å². The van der Waals surface area contributed by atoms with Gasteiger partial charge in [0.1, 0.15) is 0 Å². The number of benzene rings is 1. The molecule has 2 aliphatic rings. The summed E-state index contributed by atoms with van der Waals surface area (Å²) in [6, 6.07) is 8.07. The van der Waals surface area contributed by atoms with Gasteiger partial charge < -0.3 is 19.9 Å². The van der Waals surface area contributed by atoms with Crippen molar-refractivity contribution in [1.29, 1.82) is 0 Å². The molecule has 2 fully saturated rings. The Labute approximate surface area is 178 Å². The number of nitrogens with zero attached hydrogens (tertiary/aromatic N) is 3. The van der Waals surface area contributed by atoms with E-state index in [9.17, 15) is 4.79 Å². The molecule has 1 aliphatic carbocycles. The standard InChI is InChI=1S/C23H34N4O3/c1-29-16-20(22(24)28)18-8-6-17(7-9-18)10-11-26-12-14-27(15-13-26)23-19-4-2-3-5-21(19)30-25-23/h2-5,17-18,20H,6-16H2,1H3,(H2,24,28). The molecule has 1 aliphatic heterocycles. The Morgan fingerprint density at radius 1 is 1.20 bits per heavy atom. The van der Waals surface area contributed by atoms with Crippen molar-refractivity contribution >= 4 is 22.7 Å². The molecule has 2 heterocycles. The van der Waals surface area contributed by atoms with Crippen LogP contribution in [0, 0.1) is 17.8 Å². The number of carbonyl (C=O) groups excluding carboxylic acids is 1. The van der Waals surface area contributed by atoms with E-state index in [1.54, 1.807) is 7.11 Å². The summed E-state index contributed by atoms with van der Waals surface area (Å²) >= 11 is 0. The Hall–Kier alpha value is -2.12. The van der Waals surface area contributed by atoms with Crippen LogP contribution in [-0.4, -0.2) is 62.4 Å². The van der Waals surface area contributed by atoms with Gasteiger partial charge >= 0.3 is 0 Å². The maximum absolute atomic E-state index is 11.7. The summed E-state index contributed by atoms with van der Waals surface area (Å²) < 4.78 is 10.7. The number of nitrogens with two attached hydrogens (primary N) is 1. The number of fused-ring (bicyclic) bond motifs is 1. The number of carbonyl (C=O) groups is 1. The SMILES string of the molecule is COCC(C(N)=O)C1CCC(CCN2CCN(c3noc4ccccc34)CC2)CC1. The largest absolute Gasteiger partial charge is 0.384 e. The summed E-state index contributed by atoms with van der Waals surface area (Å²) in [5.41, 5.74) is 6.44. The number of piperazine rings is 1. The third-order valence-corrected chi connectivity index (χ3v) is 7.06. The number of rotatable bonds is 8. The Kier molecular flexibility index (Phi) is 6.89. The molecule has 0 bridgehead atoms. The van der Waals surface area contributed by atoms with E-state index in [4.69, 9.17) is 15.0 Å². The fourth-order valence-corrected chi connectivity index (χ4v) is 5.16. The molecule has 164 valence electrons. The molecule has 1 aromatic carbocycles. The highest BCUT2D eigenvalue weighted by atomic mass is 16.5. The summed E-state index contributed by atoms with van der Waals surface area (Å²) in [7, 11) is 1.65. The molecule has 1 atom stereocenters. The van der Waals surface area contributed by atoms with Crippen LogP contribution >= 0.6 is 0 Å². The molecule has 1 unspecified atom stereocenters. The van der Waals surface area contributed by atoms with Crippen molar-refractivity contribution in [3.63, 3.8) is 0 Å². The molecule has 4 rings (SSSR count). The maximum atomic E-state index is 11.7. The first-order valence-electron chi connectivity index (χ1n) is 11.3. The number of amides is 1. The zero-order chi connectivity index (χ0) is 20.9. The van der Waals surface area contributed by atoms with Crippen LogP contribution in [0.15, 0.2) is 28.8 Å². The van der Waals surface area contributed by atoms with Gasteiger partial charge in [-0.05, 0) is 49.8 Å². The summed E-state index contributed by atoms with van der Waals surface area (Å²) in [5, 5.41) is 5.40. The van der Waals surface area contributed by atoms with E-state index < -0.39 is 0 Å². The van der Waals surface area contributed by atoms with E-state index in [-0.39, 0.29) is 11.8 Å². The first-order valence-corrected chi connectivity index (χ1v) is 11.3. The Morgan fingerprint density at radius 2 is 1.93 bits per heavy atom. The summed E-state index contributed by atoms with van der Waals surface area (Å²) in [4.78, 5) is 16.6. The van der Waals surface area contributed by atoms with Crippen LogP contribution in [0.3, 0.4) is 0 Å². The van der Waals surface area contributed by atoms with Crippen molar-refractivity contribution in [2.45, 2.75) is 32.1 Å². The average Bonchev–Trinajstić information content (AvgIpc) is 3.21. The molecule has 0 radical (unpaired) electrons. The first kappa shape index (κ1) is 21.1. The van der Waals surface area contributed by atoms with Gasteiger partial charge in [-0.25, -0.2) is 0 Å². The number of ether oxygens (including phenoxy) is 1. The van der Waals surface area contributed by atoms with Crippen LogP contribution < -0.4 is 10.6 Å². The van der Waals surface area contributed by atoms with E-state index in [2.05, 4.69) is 21.0 Å². The van der Waals surface area contributed by atoms with Gasteiger partial charge in [0.15, 0.2) is 11.4 Å². The first-order chi connectivity index (χ1) is 14.7. The van der Waals surface area contributed by atoms with Gasteiger partial charge in [0, 0.05) is 33.3 Å². The Bertz CT molecular complexity index is 823. The monoisotopic (exact) mass is 414 g/mol.